The summed E-state index contributed by atoms with van der Waals surface area (Å²) in [5.41, 5.74) is 3.24. The number of carbonyl (C=O) groups excluding carboxylic acids is 3. The zero-order valence-electron chi connectivity index (χ0n) is 23.3. The molecule has 40 heavy (non-hydrogen) atoms. The minimum absolute atomic E-state index is 0. The number of methoxy groups -OCH3 is 1. The lowest BCUT2D eigenvalue weighted by Gasteiger charge is -2.27. The molecule has 4 rings (SSSR count). The number of hydrogen-bond acceptors (Lipinski definition) is 6. The minimum atomic E-state index is -0.959. The molecule has 0 spiro atoms. The number of ether oxygens (including phenoxy) is 2. The van der Waals surface area contributed by atoms with E-state index in [-0.39, 0.29) is 56.4 Å². The first-order chi connectivity index (χ1) is 18.8. The highest BCUT2D eigenvalue weighted by Gasteiger charge is 2.37. The van der Waals surface area contributed by atoms with Gasteiger partial charge in [-0.1, -0.05) is 48.5 Å². The summed E-state index contributed by atoms with van der Waals surface area (Å²) in [5.74, 6) is -0.927. The lowest BCUT2D eigenvalue weighted by atomic mass is 9.99. The molecule has 1 aliphatic heterocycles. The fourth-order valence-electron chi connectivity index (χ4n) is 4.71. The molecule has 0 aromatic heterocycles. The Morgan fingerprint density at radius 3 is 2.45 bits per heavy atom. The summed E-state index contributed by atoms with van der Waals surface area (Å²) in [6.07, 6.45) is 0. The fraction of sp³-hybridized carbons (Fsp3) is 0.367. The molecule has 1 heterocycles. The van der Waals surface area contributed by atoms with Gasteiger partial charge in [0.1, 0.15) is 12.6 Å². The van der Waals surface area contributed by atoms with Crippen molar-refractivity contribution in [2.75, 3.05) is 50.3 Å². The van der Waals surface area contributed by atoms with Crippen molar-refractivity contribution >= 4 is 52.3 Å². The van der Waals surface area contributed by atoms with Gasteiger partial charge in [-0.15, -0.1) is 12.4 Å². The number of para-hydroxylation sites is 2. The molecule has 2 atom stereocenters. The van der Waals surface area contributed by atoms with Crippen molar-refractivity contribution in [1.29, 1.82) is 0 Å². The van der Waals surface area contributed by atoms with E-state index in [2.05, 4.69) is 16.7 Å². The largest absolute Gasteiger partial charge is 0.382 e. The van der Waals surface area contributed by atoms with Crippen molar-refractivity contribution in [2.24, 2.45) is 0 Å². The first-order valence-electron chi connectivity index (χ1n) is 13.1. The summed E-state index contributed by atoms with van der Waals surface area (Å²) in [4.78, 5) is 43.7. The molecular weight excluding hydrogens is 532 g/mol. The summed E-state index contributed by atoms with van der Waals surface area (Å²) in [6.45, 7) is 4.46. The Kier molecular flexibility index (Phi) is 11.0. The molecule has 0 bridgehead atoms. The second-order valence-electron chi connectivity index (χ2n) is 9.62. The van der Waals surface area contributed by atoms with E-state index in [4.69, 9.17) is 9.47 Å². The van der Waals surface area contributed by atoms with Crippen LogP contribution in [0.2, 0.25) is 0 Å². The molecule has 0 radical (unpaired) electrons. The van der Waals surface area contributed by atoms with E-state index in [1.54, 1.807) is 26.0 Å². The summed E-state index contributed by atoms with van der Waals surface area (Å²) in [6, 6.07) is 18.0. The predicted octanol–water partition coefficient (Wildman–Crippen LogP) is 3.21. The van der Waals surface area contributed by atoms with E-state index in [1.807, 2.05) is 61.5 Å². The van der Waals surface area contributed by atoms with Crippen LogP contribution in [0, 0.1) is 6.92 Å². The van der Waals surface area contributed by atoms with Crippen molar-refractivity contribution in [3.8, 4) is 0 Å². The van der Waals surface area contributed by atoms with Gasteiger partial charge in [0.2, 0.25) is 5.91 Å². The summed E-state index contributed by atoms with van der Waals surface area (Å²) >= 11 is 0. The number of benzene rings is 3. The maximum atomic E-state index is 14.2. The number of amides is 3. The van der Waals surface area contributed by atoms with Gasteiger partial charge in [-0.25, -0.2) is 0 Å². The Bertz CT molecular complexity index is 1350. The molecular formula is C30H37ClN4O5. The lowest BCUT2D eigenvalue weighted by Crippen LogP contribution is -2.56. The Labute approximate surface area is 241 Å². The maximum Gasteiger partial charge on any atom is 0.253 e. The van der Waals surface area contributed by atoms with Crippen LogP contribution in [0.3, 0.4) is 0 Å². The van der Waals surface area contributed by atoms with Gasteiger partial charge in [0.05, 0.1) is 43.7 Å². The highest BCUT2D eigenvalue weighted by atomic mass is 35.5. The molecule has 0 aliphatic carbocycles. The van der Waals surface area contributed by atoms with Gasteiger partial charge >= 0.3 is 0 Å². The van der Waals surface area contributed by atoms with E-state index >= 15 is 0 Å². The van der Waals surface area contributed by atoms with Gasteiger partial charge < -0.3 is 29.9 Å². The number of fused-ring (bicyclic) bond motifs is 2. The van der Waals surface area contributed by atoms with E-state index < -0.39 is 12.1 Å². The van der Waals surface area contributed by atoms with Crippen molar-refractivity contribution < 1.29 is 23.9 Å². The quantitative estimate of drug-likeness (QED) is 0.364. The summed E-state index contributed by atoms with van der Waals surface area (Å²) in [7, 11) is 3.24. The molecule has 3 aromatic rings. The zero-order chi connectivity index (χ0) is 27.9. The highest BCUT2D eigenvalue weighted by molar-refractivity contribution is 6.08. The normalized spacial score (nSPS) is 15.7. The average molecular weight is 569 g/mol. The molecule has 9 nitrogen and oxygen atoms in total. The molecule has 0 fully saturated rings. The van der Waals surface area contributed by atoms with Crippen LogP contribution < -0.4 is 20.4 Å². The third-order valence-corrected chi connectivity index (χ3v) is 7.08. The number of aryl methyl sites for hydroxylation is 1. The summed E-state index contributed by atoms with van der Waals surface area (Å²) < 4.78 is 10.5. The number of halogens is 1. The zero-order valence-corrected chi connectivity index (χ0v) is 24.1. The molecule has 214 valence electrons. The molecule has 3 amide bonds. The van der Waals surface area contributed by atoms with Gasteiger partial charge in [-0.3, -0.25) is 14.4 Å². The second-order valence-corrected chi connectivity index (χ2v) is 9.62. The van der Waals surface area contributed by atoms with Gasteiger partial charge in [0.25, 0.3) is 11.8 Å². The number of nitrogens with one attached hydrogen (secondary N) is 2. The van der Waals surface area contributed by atoms with Crippen LogP contribution in [0.4, 0.5) is 11.4 Å². The molecule has 2 N–H and O–H groups in total. The van der Waals surface area contributed by atoms with E-state index in [0.29, 0.717) is 18.0 Å². The summed E-state index contributed by atoms with van der Waals surface area (Å²) in [5, 5.41) is 7.91. The number of hydrogen-bond donors (Lipinski definition) is 2. The SMILES string of the molecule is CNC(C)C(=O)NC1CN(C(=O)COCCOC)c2ccccc2N(Cc2c(C)ccc3ccccc23)C1=O.Cl. The number of carbonyl (C=O) groups is 3. The molecule has 10 heteroatoms. The number of likely N-dealkylation sites (N-methyl/N-ethyl adjacent to an activating group) is 1. The lowest BCUT2D eigenvalue weighted by molar-refractivity contribution is -0.129. The van der Waals surface area contributed by atoms with Crippen molar-refractivity contribution in [2.45, 2.75) is 32.5 Å². The Balaban J connectivity index is 0.00000441. The van der Waals surface area contributed by atoms with Crippen LogP contribution >= 0.6 is 12.4 Å². The van der Waals surface area contributed by atoms with Gasteiger partial charge in [0.15, 0.2) is 0 Å². The monoisotopic (exact) mass is 568 g/mol. The van der Waals surface area contributed by atoms with E-state index in [0.717, 1.165) is 21.9 Å². The Morgan fingerprint density at radius 1 is 1.02 bits per heavy atom. The van der Waals surface area contributed by atoms with Crippen LogP contribution in [0.25, 0.3) is 10.8 Å². The second kappa shape index (κ2) is 14.2. The molecule has 3 aromatic carbocycles. The van der Waals surface area contributed by atoms with Crippen LogP contribution in [0.15, 0.2) is 60.7 Å². The van der Waals surface area contributed by atoms with Crippen LogP contribution in [-0.2, 0) is 30.4 Å². The predicted molar refractivity (Wildman–Crippen MR) is 159 cm³/mol. The Hall–Kier alpha value is -3.50. The third kappa shape index (κ3) is 6.79. The van der Waals surface area contributed by atoms with Crippen molar-refractivity contribution in [1.82, 2.24) is 10.6 Å². The topological polar surface area (TPSA) is 100 Å². The smallest absolute Gasteiger partial charge is 0.253 e. The van der Waals surface area contributed by atoms with Crippen LogP contribution in [0.5, 0.6) is 0 Å². The number of nitrogens with zero attached hydrogens (tertiary/aromatic N) is 2. The minimum Gasteiger partial charge on any atom is -0.382 e. The number of anilines is 2. The Morgan fingerprint density at radius 2 is 1.73 bits per heavy atom. The first-order valence-corrected chi connectivity index (χ1v) is 13.1. The molecule has 2 unspecified atom stereocenters. The third-order valence-electron chi connectivity index (χ3n) is 7.08. The van der Waals surface area contributed by atoms with Crippen LogP contribution in [-0.4, -0.2) is 70.3 Å². The first kappa shape index (κ1) is 31.0. The van der Waals surface area contributed by atoms with Gasteiger partial charge in [-0.2, -0.15) is 0 Å². The average Bonchev–Trinajstić information content (AvgIpc) is 3.06. The fourth-order valence-corrected chi connectivity index (χ4v) is 4.71. The molecule has 0 saturated carbocycles. The van der Waals surface area contributed by atoms with Gasteiger partial charge in [0, 0.05) is 7.11 Å². The van der Waals surface area contributed by atoms with Crippen molar-refractivity contribution in [3.05, 3.63) is 71.8 Å². The number of rotatable bonds is 10. The highest BCUT2D eigenvalue weighted by Crippen LogP contribution is 2.35. The van der Waals surface area contributed by atoms with E-state index in [1.165, 1.54) is 4.90 Å². The van der Waals surface area contributed by atoms with Gasteiger partial charge in [-0.05, 0) is 54.9 Å². The van der Waals surface area contributed by atoms with Crippen molar-refractivity contribution in [3.63, 3.8) is 0 Å². The maximum absolute atomic E-state index is 14.2. The standard InChI is InChI=1S/C30H36N4O5.ClH/c1-20-13-14-22-9-5-6-10-23(22)24(20)17-34-27-12-8-7-11-26(27)33(28(35)19-39-16-15-38-4)18-25(30(34)37)32-29(36)21(2)31-3;/h5-14,21,25,31H,15-19H2,1-4H3,(H,32,36);1H. The van der Waals surface area contributed by atoms with E-state index in [9.17, 15) is 14.4 Å². The molecule has 0 saturated heterocycles. The van der Waals surface area contributed by atoms with Crippen LogP contribution in [0.1, 0.15) is 18.1 Å². The molecule has 1 aliphatic rings.